The molecule has 0 aliphatic heterocycles. The van der Waals surface area contributed by atoms with Gasteiger partial charge in [-0.2, -0.15) is 4.80 Å². The second kappa shape index (κ2) is 7.43. The van der Waals surface area contributed by atoms with Crippen molar-refractivity contribution in [1.82, 2.24) is 20.3 Å². The van der Waals surface area contributed by atoms with Crippen molar-refractivity contribution in [2.45, 2.75) is 0 Å². The highest BCUT2D eigenvalue weighted by Crippen LogP contribution is 2.18. The maximum atomic E-state index is 12.0. The van der Waals surface area contributed by atoms with Crippen LogP contribution in [-0.2, 0) is 0 Å². The van der Waals surface area contributed by atoms with Gasteiger partial charge in [0.1, 0.15) is 11.0 Å². The number of anilines is 1. The molecule has 9 heteroatoms. The Kier molecular flexibility index (Phi) is 4.85. The van der Waals surface area contributed by atoms with Crippen molar-refractivity contribution in [3.05, 3.63) is 69.9 Å². The monoisotopic (exact) mass is 413 g/mol. The first-order valence-electron chi connectivity index (χ1n) is 7.87. The molecule has 6 nitrogen and oxygen atoms in total. The summed E-state index contributed by atoms with van der Waals surface area (Å²) < 4.78 is 0. The summed E-state index contributed by atoms with van der Waals surface area (Å²) in [5.41, 5.74) is 2.96. The van der Waals surface area contributed by atoms with E-state index in [4.69, 9.17) is 23.8 Å². The van der Waals surface area contributed by atoms with E-state index in [2.05, 4.69) is 20.8 Å². The zero-order chi connectivity index (χ0) is 18.8. The van der Waals surface area contributed by atoms with Gasteiger partial charge in [-0.25, -0.2) is 0 Å². The van der Waals surface area contributed by atoms with Gasteiger partial charge in [-0.3, -0.25) is 10.1 Å². The fourth-order valence-electron chi connectivity index (χ4n) is 2.42. The number of hydrogen-bond donors (Lipinski definition) is 2. The van der Waals surface area contributed by atoms with Crippen LogP contribution in [0.1, 0.15) is 9.67 Å². The van der Waals surface area contributed by atoms with E-state index in [0.29, 0.717) is 21.1 Å². The fourth-order valence-corrected chi connectivity index (χ4v) is 3.37. The molecule has 2 heterocycles. The summed E-state index contributed by atoms with van der Waals surface area (Å²) >= 11 is 12.5. The van der Waals surface area contributed by atoms with E-state index in [9.17, 15) is 4.79 Å². The van der Waals surface area contributed by atoms with Gasteiger partial charge in [-0.15, -0.1) is 21.5 Å². The lowest BCUT2D eigenvalue weighted by Gasteiger charge is -2.08. The Bertz CT molecular complexity index is 1120. The number of carbonyl (C=O) groups excluding carboxylic acids is 1. The summed E-state index contributed by atoms with van der Waals surface area (Å²) in [5, 5.41) is 17.3. The predicted molar refractivity (Wildman–Crippen MR) is 112 cm³/mol. The highest BCUT2D eigenvalue weighted by molar-refractivity contribution is 7.80. The third-order valence-electron chi connectivity index (χ3n) is 3.67. The van der Waals surface area contributed by atoms with Crippen LogP contribution in [0.4, 0.5) is 5.69 Å². The number of nitrogens with one attached hydrogen (secondary N) is 2. The number of rotatable bonds is 3. The SMILES string of the molecule is O=C(NC(=S)Nc1ccc2nn(-c3ccc(Cl)cc3)nc2c1)c1cccs1. The summed E-state index contributed by atoms with van der Waals surface area (Å²) in [7, 11) is 0. The lowest BCUT2D eigenvalue weighted by Crippen LogP contribution is -2.33. The molecule has 0 saturated heterocycles. The van der Waals surface area contributed by atoms with Gasteiger partial charge in [0.05, 0.1) is 10.6 Å². The average molecular weight is 414 g/mol. The van der Waals surface area contributed by atoms with Crippen LogP contribution in [0.15, 0.2) is 60.0 Å². The van der Waals surface area contributed by atoms with Gasteiger partial charge < -0.3 is 5.32 Å². The Morgan fingerprint density at radius 3 is 2.59 bits per heavy atom. The first-order valence-corrected chi connectivity index (χ1v) is 9.54. The number of hydrogen-bond acceptors (Lipinski definition) is 5. The first kappa shape index (κ1) is 17.6. The van der Waals surface area contributed by atoms with Gasteiger partial charge >= 0.3 is 0 Å². The minimum Gasteiger partial charge on any atom is -0.332 e. The largest absolute Gasteiger partial charge is 0.332 e. The van der Waals surface area contributed by atoms with E-state index < -0.39 is 0 Å². The average Bonchev–Trinajstić information content (AvgIpc) is 3.31. The number of thiocarbonyl (C=S) groups is 1. The molecule has 0 bridgehead atoms. The molecule has 0 unspecified atom stereocenters. The number of nitrogens with zero attached hydrogens (tertiary/aromatic N) is 3. The molecule has 0 radical (unpaired) electrons. The smallest absolute Gasteiger partial charge is 0.267 e. The number of thiophene rings is 1. The molecule has 0 saturated carbocycles. The lowest BCUT2D eigenvalue weighted by molar-refractivity contribution is 0.0981. The molecule has 0 atom stereocenters. The van der Waals surface area contributed by atoms with E-state index in [1.807, 2.05) is 41.8 Å². The zero-order valence-corrected chi connectivity index (χ0v) is 16.1. The van der Waals surface area contributed by atoms with Gasteiger partial charge in [0.25, 0.3) is 5.91 Å². The Morgan fingerprint density at radius 2 is 1.85 bits per heavy atom. The van der Waals surface area contributed by atoms with Crippen molar-refractivity contribution >= 4 is 62.9 Å². The minimum atomic E-state index is -0.239. The summed E-state index contributed by atoms with van der Waals surface area (Å²) in [6.45, 7) is 0. The molecule has 2 N–H and O–H groups in total. The molecule has 134 valence electrons. The Labute approximate surface area is 168 Å². The Balaban J connectivity index is 1.50. The Morgan fingerprint density at radius 1 is 1.07 bits per heavy atom. The van der Waals surface area contributed by atoms with E-state index in [1.165, 1.54) is 11.3 Å². The minimum absolute atomic E-state index is 0.220. The van der Waals surface area contributed by atoms with Crippen LogP contribution in [0, 0.1) is 0 Å². The van der Waals surface area contributed by atoms with Crippen LogP contribution in [0.5, 0.6) is 0 Å². The molecular formula is C18H12ClN5OS2. The van der Waals surface area contributed by atoms with Crippen LogP contribution in [-0.4, -0.2) is 26.0 Å². The molecule has 0 aliphatic rings. The number of fused-ring (bicyclic) bond motifs is 1. The van der Waals surface area contributed by atoms with E-state index in [1.54, 1.807) is 23.0 Å². The second-order valence-electron chi connectivity index (χ2n) is 5.55. The van der Waals surface area contributed by atoms with E-state index >= 15 is 0 Å². The van der Waals surface area contributed by atoms with Crippen molar-refractivity contribution < 1.29 is 4.79 Å². The van der Waals surface area contributed by atoms with Crippen molar-refractivity contribution in [3.8, 4) is 5.69 Å². The number of amides is 1. The van der Waals surface area contributed by atoms with Crippen LogP contribution in [0.3, 0.4) is 0 Å². The molecule has 1 amide bonds. The van der Waals surface area contributed by atoms with E-state index in [-0.39, 0.29) is 11.0 Å². The van der Waals surface area contributed by atoms with Crippen molar-refractivity contribution in [2.75, 3.05) is 5.32 Å². The van der Waals surface area contributed by atoms with E-state index in [0.717, 1.165) is 11.2 Å². The summed E-state index contributed by atoms with van der Waals surface area (Å²) in [6.07, 6.45) is 0. The first-order chi connectivity index (χ1) is 13.1. The number of halogens is 1. The molecule has 0 fully saturated rings. The van der Waals surface area contributed by atoms with Gasteiger partial charge in [-0.1, -0.05) is 17.7 Å². The van der Waals surface area contributed by atoms with Crippen LogP contribution < -0.4 is 10.6 Å². The van der Waals surface area contributed by atoms with Crippen molar-refractivity contribution in [3.63, 3.8) is 0 Å². The highest BCUT2D eigenvalue weighted by atomic mass is 35.5. The number of aromatic nitrogens is 3. The van der Waals surface area contributed by atoms with Gasteiger partial charge in [0, 0.05) is 10.7 Å². The maximum absolute atomic E-state index is 12.0. The zero-order valence-electron chi connectivity index (χ0n) is 13.7. The van der Waals surface area contributed by atoms with Gasteiger partial charge in [0.15, 0.2) is 5.11 Å². The normalized spacial score (nSPS) is 10.7. The maximum Gasteiger partial charge on any atom is 0.267 e. The summed E-state index contributed by atoms with van der Waals surface area (Å²) in [4.78, 5) is 14.2. The second-order valence-corrected chi connectivity index (χ2v) is 7.35. The Hall–Kier alpha value is -2.81. The molecule has 2 aromatic heterocycles. The molecule has 27 heavy (non-hydrogen) atoms. The topological polar surface area (TPSA) is 71.8 Å². The lowest BCUT2D eigenvalue weighted by atomic mass is 10.3. The quantitative estimate of drug-likeness (QED) is 0.491. The predicted octanol–water partition coefficient (Wildman–Crippen LogP) is 4.26. The van der Waals surface area contributed by atoms with Gasteiger partial charge in [0.2, 0.25) is 0 Å². The number of carbonyl (C=O) groups is 1. The molecule has 4 aromatic rings. The highest BCUT2D eigenvalue weighted by Gasteiger charge is 2.10. The van der Waals surface area contributed by atoms with Gasteiger partial charge in [-0.05, 0) is 66.1 Å². The van der Waals surface area contributed by atoms with Crippen LogP contribution >= 0.6 is 35.2 Å². The summed E-state index contributed by atoms with van der Waals surface area (Å²) in [5.74, 6) is -0.239. The molecular weight excluding hydrogens is 402 g/mol. The van der Waals surface area contributed by atoms with Crippen LogP contribution in [0.25, 0.3) is 16.7 Å². The standard InChI is InChI=1S/C18H12ClN5OS2/c19-11-3-6-13(7-4-11)24-22-14-8-5-12(10-15(14)23-24)20-18(26)21-17(25)16-2-1-9-27-16/h1-10H,(H2,20,21,25,26). The molecule has 0 aliphatic carbocycles. The molecule has 0 spiro atoms. The third-order valence-corrected chi connectivity index (χ3v) is 4.99. The number of benzene rings is 2. The van der Waals surface area contributed by atoms with Crippen molar-refractivity contribution in [2.24, 2.45) is 0 Å². The summed E-state index contributed by atoms with van der Waals surface area (Å²) in [6, 6.07) is 16.3. The fraction of sp³-hybridized carbons (Fsp3) is 0. The molecule has 4 rings (SSSR count). The third kappa shape index (κ3) is 3.97. The van der Waals surface area contributed by atoms with Crippen molar-refractivity contribution in [1.29, 1.82) is 0 Å². The van der Waals surface area contributed by atoms with Crippen LogP contribution in [0.2, 0.25) is 5.02 Å². The molecule has 2 aromatic carbocycles.